The monoisotopic (exact) mass is 310 g/mol. The Balaban J connectivity index is 2.62. The molecule has 1 heterocycles. The minimum atomic E-state index is -4.36. The molecule has 0 saturated heterocycles. The van der Waals surface area contributed by atoms with Crippen molar-refractivity contribution in [2.75, 3.05) is 19.0 Å². The summed E-state index contributed by atoms with van der Waals surface area (Å²) in [7, 11) is 0. The molecule has 0 radical (unpaired) electrons. The number of aromatic nitrogens is 2. The van der Waals surface area contributed by atoms with Crippen molar-refractivity contribution in [1.82, 2.24) is 9.97 Å². The number of carbonyl (C=O) groups is 1. The van der Waals surface area contributed by atoms with Crippen molar-refractivity contribution in [3.8, 4) is 0 Å². The number of hydrogen-bond donors (Lipinski definition) is 1. The predicted molar refractivity (Wildman–Crippen MR) is 66.1 cm³/mol. The van der Waals surface area contributed by atoms with Gasteiger partial charge in [0.1, 0.15) is 23.0 Å². The van der Waals surface area contributed by atoms with Crippen LogP contribution in [-0.2, 0) is 4.74 Å². The molecule has 0 aliphatic rings. The van der Waals surface area contributed by atoms with Crippen LogP contribution in [0.2, 0.25) is 0 Å². The van der Waals surface area contributed by atoms with Crippen LogP contribution in [0, 0.1) is 13.8 Å². The highest BCUT2D eigenvalue weighted by Crippen LogP contribution is 2.23. The molecule has 0 amide bonds. The molecule has 1 aromatic rings. The first-order valence-electron chi connectivity index (χ1n) is 5.56. The van der Waals surface area contributed by atoms with E-state index in [1.54, 1.807) is 13.8 Å². The first-order valence-corrected chi connectivity index (χ1v) is 6.55. The molecule has 0 spiro atoms. The Kier molecular flexibility index (Phi) is 5.75. The molecule has 5 nitrogen and oxygen atoms in total. The Morgan fingerprint density at radius 3 is 2.55 bits per heavy atom. The van der Waals surface area contributed by atoms with Crippen molar-refractivity contribution in [3.05, 3.63) is 17.1 Å². The van der Waals surface area contributed by atoms with Crippen molar-refractivity contribution in [1.29, 1.82) is 0 Å². The van der Waals surface area contributed by atoms with Crippen molar-refractivity contribution in [3.63, 3.8) is 0 Å². The molecule has 0 atom stereocenters. The molecule has 0 fully saturated rings. The second kappa shape index (κ2) is 6.89. The highest BCUT2D eigenvalue weighted by atomic mass is 32.2. The molecular weight excluding hydrogens is 297 g/mol. The third kappa shape index (κ3) is 5.33. The van der Waals surface area contributed by atoms with E-state index in [0.717, 1.165) is 11.8 Å². The van der Waals surface area contributed by atoms with Crippen LogP contribution in [0.1, 0.15) is 21.9 Å². The van der Waals surface area contributed by atoms with Crippen molar-refractivity contribution >= 4 is 17.7 Å². The number of halogens is 3. The Morgan fingerprint density at radius 1 is 1.35 bits per heavy atom. The third-order valence-electron chi connectivity index (χ3n) is 2.11. The van der Waals surface area contributed by atoms with Crippen LogP contribution in [0.4, 0.5) is 13.2 Å². The lowest BCUT2D eigenvalue weighted by Crippen LogP contribution is -2.18. The fourth-order valence-electron chi connectivity index (χ4n) is 1.42. The summed E-state index contributed by atoms with van der Waals surface area (Å²) in [6.45, 7) is 1.69. The molecule has 9 heteroatoms. The van der Waals surface area contributed by atoms with Crippen LogP contribution >= 0.6 is 11.8 Å². The molecule has 1 N–H and O–H groups in total. The van der Waals surface area contributed by atoms with Gasteiger partial charge in [0.2, 0.25) is 0 Å². The van der Waals surface area contributed by atoms with Crippen LogP contribution in [0.5, 0.6) is 0 Å². The zero-order valence-corrected chi connectivity index (χ0v) is 11.6. The van der Waals surface area contributed by atoms with E-state index in [0.29, 0.717) is 11.5 Å². The molecule has 112 valence electrons. The van der Waals surface area contributed by atoms with Gasteiger partial charge in [-0.05, 0) is 13.8 Å². The van der Waals surface area contributed by atoms with Crippen LogP contribution in [0.3, 0.4) is 0 Å². The van der Waals surface area contributed by atoms with Crippen LogP contribution < -0.4 is 0 Å². The Hall–Kier alpha value is -1.35. The number of thioether (sulfide) groups is 1. The smallest absolute Gasteiger partial charge is 0.411 e. The first-order chi connectivity index (χ1) is 9.20. The van der Waals surface area contributed by atoms with Gasteiger partial charge in [-0.25, -0.2) is 14.8 Å². The number of alkyl halides is 3. The van der Waals surface area contributed by atoms with E-state index in [1.807, 2.05) is 0 Å². The molecule has 0 saturated carbocycles. The van der Waals surface area contributed by atoms with E-state index in [2.05, 4.69) is 14.7 Å². The van der Waals surface area contributed by atoms with E-state index in [4.69, 9.17) is 5.11 Å². The maximum atomic E-state index is 11.9. The molecule has 1 aromatic heterocycles. The molecule has 20 heavy (non-hydrogen) atoms. The second-order valence-electron chi connectivity index (χ2n) is 3.86. The zero-order valence-electron chi connectivity index (χ0n) is 10.8. The quantitative estimate of drug-likeness (QED) is 0.494. The average Bonchev–Trinajstić information content (AvgIpc) is 2.25. The van der Waals surface area contributed by atoms with Crippen molar-refractivity contribution in [2.45, 2.75) is 25.0 Å². The summed E-state index contributed by atoms with van der Waals surface area (Å²) in [5.41, 5.74) is 0.292. The van der Waals surface area contributed by atoms with Gasteiger partial charge >= 0.3 is 12.1 Å². The van der Waals surface area contributed by atoms with Gasteiger partial charge in [-0.1, -0.05) is 0 Å². The summed E-state index contributed by atoms with van der Waals surface area (Å²) in [5.74, 6) is -0.584. The van der Waals surface area contributed by atoms with Gasteiger partial charge < -0.3 is 9.84 Å². The molecule has 0 aromatic carbocycles. The van der Waals surface area contributed by atoms with Gasteiger partial charge in [-0.3, -0.25) is 0 Å². The minimum Gasteiger partial charge on any atom is -0.478 e. The lowest BCUT2D eigenvalue weighted by Gasteiger charge is -2.09. The normalized spacial score (nSPS) is 11.7. The average molecular weight is 310 g/mol. The standard InChI is InChI=1S/C11H13F3N2O3S/c1-6-8(10(17)18)9(16-7(2)15-6)20-4-3-19-5-11(12,13)14/h3-5H2,1-2H3,(H,17,18). The predicted octanol–water partition coefficient (Wildman–Crippen LogP) is 2.46. The first kappa shape index (κ1) is 16.7. The van der Waals surface area contributed by atoms with E-state index in [-0.39, 0.29) is 22.9 Å². The van der Waals surface area contributed by atoms with Gasteiger partial charge in [-0.2, -0.15) is 13.2 Å². The van der Waals surface area contributed by atoms with Gasteiger partial charge in [0.25, 0.3) is 0 Å². The molecule has 0 bridgehead atoms. The van der Waals surface area contributed by atoms with Gasteiger partial charge in [0, 0.05) is 5.75 Å². The largest absolute Gasteiger partial charge is 0.478 e. The number of rotatable bonds is 6. The number of ether oxygens (including phenoxy) is 1. The van der Waals surface area contributed by atoms with Crippen LogP contribution in [-0.4, -0.2) is 46.2 Å². The molecule has 0 aliphatic heterocycles. The number of aromatic carboxylic acids is 1. The lowest BCUT2D eigenvalue weighted by molar-refractivity contribution is -0.172. The van der Waals surface area contributed by atoms with E-state index in [9.17, 15) is 18.0 Å². The van der Waals surface area contributed by atoms with Crippen LogP contribution in [0.15, 0.2) is 5.03 Å². The van der Waals surface area contributed by atoms with E-state index < -0.39 is 18.8 Å². The maximum absolute atomic E-state index is 11.9. The van der Waals surface area contributed by atoms with Gasteiger partial charge in [0.05, 0.1) is 12.3 Å². The highest BCUT2D eigenvalue weighted by Gasteiger charge is 2.27. The number of nitrogens with zero attached hydrogens (tertiary/aromatic N) is 2. The molecular formula is C11H13F3N2O3S. The summed E-state index contributed by atoms with van der Waals surface area (Å²) in [6.07, 6.45) is -4.36. The van der Waals surface area contributed by atoms with Gasteiger partial charge in [0.15, 0.2) is 0 Å². The highest BCUT2D eigenvalue weighted by molar-refractivity contribution is 7.99. The molecule has 1 rings (SSSR count). The summed E-state index contributed by atoms with van der Waals surface area (Å²) in [6, 6.07) is 0. The lowest BCUT2D eigenvalue weighted by atomic mass is 10.2. The molecule has 0 aliphatic carbocycles. The van der Waals surface area contributed by atoms with Crippen LogP contribution in [0.25, 0.3) is 0 Å². The maximum Gasteiger partial charge on any atom is 0.411 e. The number of carboxylic acids is 1. The topological polar surface area (TPSA) is 72.3 Å². The zero-order chi connectivity index (χ0) is 15.3. The molecule has 0 unspecified atom stereocenters. The van der Waals surface area contributed by atoms with Gasteiger partial charge in [-0.15, -0.1) is 11.8 Å². The number of hydrogen-bond acceptors (Lipinski definition) is 5. The number of carboxylic acid groups (broad SMARTS) is 1. The summed E-state index contributed by atoms with van der Waals surface area (Å²) in [4.78, 5) is 19.0. The van der Waals surface area contributed by atoms with E-state index >= 15 is 0 Å². The summed E-state index contributed by atoms with van der Waals surface area (Å²) >= 11 is 1.03. The fraction of sp³-hybridized carbons (Fsp3) is 0.545. The van der Waals surface area contributed by atoms with Crippen molar-refractivity contribution in [2.24, 2.45) is 0 Å². The SMILES string of the molecule is Cc1nc(C)c(C(=O)O)c(SCCOCC(F)(F)F)n1. The fourth-order valence-corrected chi connectivity index (χ4v) is 2.39. The summed E-state index contributed by atoms with van der Waals surface area (Å²) < 4.78 is 40.0. The Labute approximate surface area is 117 Å². The Morgan fingerprint density at radius 2 is 2.00 bits per heavy atom. The third-order valence-corrected chi connectivity index (χ3v) is 3.05. The number of aryl methyl sites for hydroxylation is 2. The minimum absolute atomic E-state index is 0.0311. The Bertz CT molecular complexity index is 495. The van der Waals surface area contributed by atoms with E-state index in [1.165, 1.54) is 0 Å². The summed E-state index contributed by atoms with van der Waals surface area (Å²) in [5, 5.41) is 9.31. The second-order valence-corrected chi connectivity index (χ2v) is 4.94. The van der Waals surface area contributed by atoms with Crippen molar-refractivity contribution < 1.29 is 27.8 Å².